The molecule has 1 N–H and O–H groups in total. The van der Waals surface area contributed by atoms with Crippen molar-refractivity contribution in [3.8, 4) is 0 Å². The maximum absolute atomic E-state index is 12.9. The summed E-state index contributed by atoms with van der Waals surface area (Å²) >= 11 is 0. The second kappa shape index (κ2) is 4.45. The lowest BCUT2D eigenvalue weighted by molar-refractivity contribution is 0.0692. The highest BCUT2D eigenvalue weighted by atomic mass is 19.1. The molecular weight excluding hydrogens is 261 g/mol. The molecule has 0 aliphatic carbocycles. The van der Waals surface area contributed by atoms with E-state index < -0.39 is 5.97 Å². The summed E-state index contributed by atoms with van der Waals surface area (Å²) in [5.74, 6) is -1.88. The number of fused-ring (bicyclic) bond motifs is 1. The van der Waals surface area contributed by atoms with Gasteiger partial charge in [-0.3, -0.25) is 4.79 Å². The molecule has 0 radical (unpaired) electrons. The number of carboxylic acids is 1. The van der Waals surface area contributed by atoms with Gasteiger partial charge >= 0.3 is 5.97 Å². The Morgan fingerprint density at radius 3 is 2.50 bits per heavy atom. The molecule has 1 aliphatic heterocycles. The van der Waals surface area contributed by atoms with E-state index in [0.717, 1.165) is 0 Å². The Labute approximate surface area is 114 Å². The van der Waals surface area contributed by atoms with Gasteiger partial charge in [-0.05, 0) is 35.9 Å². The van der Waals surface area contributed by atoms with E-state index in [4.69, 9.17) is 5.11 Å². The molecule has 1 aliphatic rings. The molecule has 0 fully saturated rings. The number of carbonyl (C=O) groups is 2. The van der Waals surface area contributed by atoms with E-state index in [9.17, 15) is 14.0 Å². The van der Waals surface area contributed by atoms with Gasteiger partial charge in [0.25, 0.3) is 5.91 Å². The first-order chi connectivity index (χ1) is 9.58. The normalized spacial score (nSPS) is 13.4. The monoisotopic (exact) mass is 271 g/mol. The lowest BCUT2D eigenvalue weighted by Crippen LogP contribution is -2.23. The van der Waals surface area contributed by atoms with E-state index in [-0.39, 0.29) is 22.9 Å². The Bertz CT molecular complexity index is 710. The lowest BCUT2D eigenvalue weighted by Gasteiger charge is -2.15. The first-order valence-corrected chi connectivity index (χ1v) is 6.00. The van der Waals surface area contributed by atoms with Crippen molar-refractivity contribution in [2.75, 3.05) is 4.90 Å². The van der Waals surface area contributed by atoms with Crippen molar-refractivity contribution in [1.29, 1.82) is 0 Å². The van der Waals surface area contributed by atoms with Gasteiger partial charge in [-0.2, -0.15) is 0 Å². The summed E-state index contributed by atoms with van der Waals surface area (Å²) in [5.41, 5.74) is 1.42. The van der Waals surface area contributed by atoms with E-state index in [2.05, 4.69) is 0 Å². The summed E-state index contributed by atoms with van der Waals surface area (Å²) in [6.45, 7) is 0.293. The maximum atomic E-state index is 12.9. The average molecular weight is 271 g/mol. The number of rotatable bonds is 2. The number of nitrogens with zero attached hydrogens (tertiary/aromatic N) is 1. The van der Waals surface area contributed by atoms with Crippen molar-refractivity contribution in [1.82, 2.24) is 0 Å². The van der Waals surface area contributed by atoms with Crippen LogP contribution in [0.3, 0.4) is 0 Å². The molecule has 2 aromatic carbocycles. The van der Waals surface area contributed by atoms with Gasteiger partial charge in [-0.25, -0.2) is 9.18 Å². The van der Waals surface area contributed by atoms with Gasteiger partial charge < -0.3 is 10.0 Å². The van der Waals surface area contributed by atoms with E-state index >= 15 is 0 Å². The van der Waals surface area contributed by atoms with E-state index in [0.29, 0.717) is 17.8 Å². The van der Waals surface area contributed by atoms with Gasteiger partial charge in [-0.15, -0.1) is 0 Å². The standard InChI is InChI=1S/C15H10FNO3/c16-10-4-6-11(7-5-10)17-8-9-2-1-3-12(15(19)20)13(9)14(17)18/h1-7H,8H2,(H,19,20). The van der Waals surface area contributed by atoms with Crippen LogP contribution in [0.25, 0.3) is 0 Å². The predicted molar refractivity (Wildman–Crippen MR) is 70.3 cm³/mol. The van der Waals surface area contributed by atoms with Crippen LogP contribution in [0.1, 0.15) is 26.3 Å². The van der Waals surface area contributed by atoms with Crippen molar-refractivity contribution in [3.05, 3.63) is 65.0 Å². The van der Waals surface area contributed by atoms with Crippen LogP contribution in [-0.2, 0) is 6.54 Å². The molecule has 0 unspecified atom stereocenters. The predicted octanol–water partition coefficient (Wildman–Crippen LogP) is 2.68. The Balaban J connectivity index is 2.05. The van der Waals surface area contributed by atoms with Crippen LogP contribution in [-0.4, -0.2) is 17.0 Å². The SMILES string of the molecule is O=C(O)c1cccc2c1C(=O)N(c1ccc(F)cc1)C2. The summed E-state index contributed by atoms with van der Waals surface area (Å²) in [6, 6.07) is 10.3. The molecule has 5 heteroatoms. The minimum absolute atomic E-state index is 0.00267. The quantitative estimate of drug-likeness (QED) is 0.913. The summed E-state index contributed by atoms with van der Waals surface area (Å²) < 4.78 is 12.9. The summed E-state index contributed by atoms with van der Waals surface area (Å²) in [5, 5.41) is 9.14. The van der Waals surface area contributed by atoms with Crippen LogP contribution < -0.4 is 4.90 Å². The molecule has 0 saturated carbocycles. The summed E-state index contributed by atoms with van der Waals surface area (Å²) in [4.78, 5) is 25.0. The molecule has 100 valence electrons. The van der Waals surface area contributed by atoms with Gasteiger partial charge in [0, 0.05) is 5.69 Å². The van der Waals surface area contributed by atoms with Crippen molar-refractivity contribution < 1.29 is 19.1 Å². The Morgan fingerprint density at radius 1 is 1.15 bits per heavy atom. The zero-order valence-electron chi connectivity index (χ0n) is 10.3. The molecule has 0 atom stereocenters. The van der Waals surface area contributed by atoms with Gasteiger partial charge in [0.2, 0.25) is 0 Å². The van der Waals surface area contributed by atoms with Crippen molar-refractivity contribution in [2.45, 2.75) is 6.54 Å². The molecule has 0 spiro atoms. The molecule has 0 bridgehead atoms. The zero-order chi connectivity index (χ0) is 14.3. The third-order valence-corrected chi connectivity index (χ3v) is 3.31. The molecule has 1 heterocycles. The van der Waals surface area contributed by atoms with Crippen LogP contribution in [0.15, 0.2) is 42.5 Å². The second-order valence-corrected chi connectivity index (χ2v) is 4.51. The van der Waals surface area contributed by atoms with E-state index in [1.807, 2.05) is 0 Å². The number of amides is 1. The molecule has 0 aromatic heterocycles. The third kappa shape index (κ3) is 1.84. The highest BCUT2D eigenvalue weighted by Gasteiger charge is 2.32. The molecule has 4 nitrogen and oxygen atoms in total. The van der Waals surface area contributed by atoms with E-state index in [1.54, 1.807) is 12.1 Å². The van der Waals surface area contributed by atoms with Crippen LogP contribution in [0.4, 0.5) is 10.1 Å². The number of hydrogen-bond acceptors (Lipinski definition) is 2. The highest BCUT2D eigenvalue weighted by Crippen LogP contribution is 2.30. The molecule has 2 aromatic rings. The number of carbonyl (C=O) groups excluding carboxylic acids is 1. The van der Waals surface area contributed by atoms with Crippen LogP contribution in [0, 0.1) is 5.82 Å². The lowest BCUT2D eigenvalue weighted by atomic mass is 10.0. The van der Waals surface area contributed by atoms with Crippen molar-refractivity contribution >= 4 is 17.6 Å². The topological polar surface area (TPSA) is 57.6 Å². The van der Waals surface area contributed by atoms with Gasteiger partial charge in [-0.1, -0.05) is 12.1 Å². The molecular formula is C15H10FNO3. The number of halogens is 1. The zero-order valence-corrected chi connectivity index (χ0v) is 10.3. The number of benzene rings is 2. The fourth-order valence-corrected chi connectivity index (χ4v) is 2.37. The number of anilines is 1. The third-order valence-electron chi connectivity index (χ3n) is 3.31. The average Bonchev–Trinajstić information content (AvgIpc) is 2.77. The second-order valence-electron chi connectivity index (χ2n) is 4.51. The largest absolute Gasteiger partial charge is 0.478 e. The Kier molecular flexibility index (Phi) is 2.75. The van der Waals surface area contributed by atoms with Gasteiger partial charge in [0.05, 0.1) is 17.7 Å². The Hall–Kier alpha value is -2.69. The fourth-order valence-electron chi connectivity index (χ4n) is 2.37. The number of aromatic carboxylic acids is 1. The van der Waals surface area contributed by atoms with Crippen LogP contribution in [0.5, 0.6) is 0 Å². The van der Waals surface area contributed by atoms with Gasteiger partial charge in [0.15, 0.2) is 0 Å². The first kappa shape index (κ1) is 12.3. The van der Waals surface area contributed by atoms with Crippen LogP contribution in [0.2, 0.25) is 0 Å². The van der Waals surface area contributed by atoms with Gasteiger partial charge in [0.1, 0.15) is 5.82 Å². The van der Waals surface area contributed by atoms with Crippen LogP contribution >= 0.6 is 0 Å². The fraction of sp³-hybridized carbons (Fsp3) is 0.0667. The van der Waals surface area contributed by atoms with E-state index in [1.165, 1.54) is 35.2 Å². The minimum Gasteiger partial charge on any atom is -0.478 e. The van der Waals surface area contributed by atoms with Crippen molar-refractivity contribution in [2.24, 2.45) is 0 Å². The smallest absolute Gasteiger partial charge is 0.336 e. The molecule has 1 amide bonds. The molecule has 0 saturated heterocycles. The first-order valence-electron chi connectivity index (χ1n) is 6.00. The summed E-state index contributed by atoms with van der Waals surface area (Å²) in [6.07, 6.45) is 0. The summed E-state index contributed by atoms with van der Waals surface area (Å²) in [7, 11) is 0. The number of hydrogen-bond donors (Lipinski definition) is 1. The van der Waals surface area contributed by atoms with Crippen molar-refractivity contribution in [3.63, 3.8) is 0 Å². The Morgan fingerprint density at radius 2 is 1.85 bits per heavy atom. The molecule has 3 rings (SSSR count). The highest BCUT2D eigenvalue weighted by molar-refractivity contribution is 6.15. The molecule has 20 heavy (non-hydrogen) atoms. The maximum Gasteiger partial charge on any atom is 0.336 e. The number of carboxylic acid groups (broad SMARTS) is 1. The minimum atomic E-state index is -1.13.